The van der Waals surface area contributed by atoms with Crippen LogP contribution in [0.3, 0.4) is 0 Å². The van der Waals surface area contributed by atoms with E-state index in [0.717, 1.165) is 5.56 Å². The van der Waals surface area contributed by atoms with Crippen LogP contribution in [0.15, 0.2) is 29.2 Å². The van der Waals surface area contributed by atoms with Gasteiger partial charge in [0.25, 0.3) is 0 Å². The van der Waals surface area contributed by atoms with Crippen molar-refractivity contribution in [3.8, 4) is 0 Å². The Morgan fingerprint density at radius 1 is 1.12 bits per heavy atom. The normalized spacial score (nSPS) is 11.7. The highest BCUT2D eigenvalue weighted by atomic mass is 35.5. The van der Waals surface area contributed by atoms with Crippen molar-refractivity contribution in [2.75, 3.05) is 13.1 Å². The highest BCUT2D eigenvalue weighted by Gasteiger charge is 2.32. The van der Waals surface area contributed by atoms with E-state index in [1.54, 1.807) is 19.1 Å². The summed E-state index contributed by atoms with van der Waals surface area (Å²) in [6.45, 7) is 6.64. The Morgan fingerprint density at radius 3 is 2.08 bits per heavy atom. The summed E-state index contributed by atoms with van der Waals surface area (Å²) in [5.41, 5.74) is 6.07. The number of benzene rings is 1. The van der Waals surface area contributed by atoms with E-state index in [1.165, 1.54) is 12.1 Å². The van der Waals surface area contributed by atoms with Gasteiger partial charge in [0, 0.05) is 19.6 Å². The molecule has 138 valence electrons. The molecule has 1 aromatic rings. The number of nitrogens with one attached hydrogen (secondary N) is 2. The molecule has 0 unspecified atom stereocenters. The van der Waals surface area contributed by atoms with Crippen LogP contribution in [0.2, 0.25) is 0 Å². The third-order valence-corrected chi connectivity index (χ3v) is 5.81. The van der Waals surface area contributed by atoms with Gasteiger partial charge in [-0.1, -0.05) is 32.9 Å². The SMILES string of the molecule is CCNS(=O)(=O)c1ccc(CNC(=O)C(CC)(CC)CN)cc1.Cl. The highest BCUT2D eigenvalue weighted by molar-refractivity contribution is 7.89. The molecule has 0 saturated heterocycles. The second kappa shape index (κ2) is 9.98. The summed E-state index contributed by atoms with van der Waals surface area (Å²) in [4.78, 5) is 12.6. The number of hydrogen-bond acceptors (Lipinski definition) is 4. The lowest BCUT2D eigenvalue weighted by Crippen LogP contribution is -2.45. The van der Waals surface area contributed by atoms with Crippen LogP contribution in [0.5, 0.6) is 0 Å². The molecule has 0 aromatic heterocycles. The van der Waals surface area contributed by atoms with Crippen LogP contribution in [-0.2, 0) is 21.4 Å². The van der Waals surface area contributed by atoms with E-state index >= 15 is 0 Å². The van der Waals surface area contributed by atoms with Crippen molar-refractivity contribution in [1.82, 2.24) is 10.0 Å². The van der Waals surface area contributed by atoms with Crippen LogP contribution >= 0.6 is 12.4 Å². The number of carbonyl (C=O) groups excluding carboxylic acids is 1. The maximum Gasteiger partial charge on any atom is 0.240 e. The van der Waals surface area contributed by atoms with E-state index in [9.17, 15) is 13.2 Å². The van der Waals surface area contributed by atoms with Crippen molar-refractivity contribution < 1.29 is 13.2 Å². The standard InChI is InChI=1S/C16H27N3O3S.ClH/c1-4-16(5-2,12-17)15(20)18-11-13-7-9-14(10-8-13)23(21,22)19-6-3;/h7-10,19H,4-6,11-12,17H2,1-3H3,(H,18,20);1H. The first-order valence-corrected chi connectivity index (χ1v) is 9.40. The lowest BCUT2D eigenvalue weighted by molar-refractivity contribution is -0.131. The Kier molecular flexibility index (Phi) is 9.50. The predicted molar refractivity (Wildman–Crippen MR) is 98.5 cm³/mol. The average molecular weight is 378 g/mol. The van der Waals surface area contributed by atoms with Gasteiger partial charge in [-0.05, 0) is 30.5 Å². The topological polar surface area (TPSA) is 101 Å². The molecule has 0 fully saturated rings. The van der Waals surface area contributed by atoms with Gasteiger partial charge in [0.15, 0.2) is 0 Å². The van der Waals surface area contributed by atoms with E-state index in [-0.39, 0.29) is 23.2 Å². The molecule has 0 aliphatic rings. The second-order valence-corrected chi connectivity index (χ2v) is 7.29. The summed E-state index contributed by atoms with van der Waals surface area (Å²) in [6, 6.07) is 6.48. The number of carbonyl (C=O) groups is 1. The Bertz CT molecular complexity index is 606. The number of amides is 1. The van der Waals surface area contributed by atoms with Gasteiger partial charge in [-0.3, -0.25) is 4.79 Å². The zero-order chi connectivity index (χ0) is 17.5. The Hall–Kier alpha value is -1.15. The van der Waals surface area contributed by atoms with Crippen LogP contribution in [0.4, 0.5) is 0 Å². The Morgan fingerprint density at radius 2 is 1.67 bits per heavy atom. The van der Waals surface area contributed by atoms with Crippen molar-refractivity contribution in [1.29, 1.82) is 0 Å². The zero-order valence-electron chi connectivity index (χ0n) is 14.5. The van der Waals surface area contributed by atoms with Crippen LogP contribution in [0, 0.1) is 5.41 Å². The van der Waals surface area contributed by atoms with Crippen molar-refractivity contribution in [2.24, 2.45) is 11.1 Å². The Balaban J connectivity index is 0.00000529. The lowest BCUT2D eigenvalue weighted by Gasteiger charge is -2.28. The maximum absolute atomic E-state index is 12.3. The van der Waals surface area contributed by atoms with Gasteiger partial charge in [0.2, 0.25) is 15.9 Å². The first kappa shape index (κ1) is 22.9. The number of halogens is 1. The maximum atomic E-state index is 12.3. The van der Waals surface area contributed by atoms with E-state index in [1.807, 2.05) is 13.8 Å². The van der Waals surface area contributed by atoms with Crippen LogP contribution in [0.1, 0.15) is 39.2 Å². The largest absolute Gasteiger partial charge is 0.352 e. The fourth-order valence-corrected chi connectivity index (χ4v) is 3.42. The molecule has 24 heavy (non-hydrogen) atoms. The first-order chi connectivity index (χ1) is 10.8. The quantitative estimate of drug-likeness (QED) is 0.610. The first-order valence-electron chi connectivity index (χ1n) is 7.92. The molecule has 1 rings (SSSR count). The molecule has 8 heteroatoms. The molecule has 4 N–H and O–H groups in total. The molecule has 1 aromatic carbocycles. The monoisotopic (exact) mass is 377 g/mol. The van der Waals surface area contributed by atoms with Crippen LogP contribution in [0.25, 0.3) is 0 Å². The minimum atomic E-state index is -3.45. The minimum Gasteiger partial charge on any atom is -0.352 e. The molecule has 6 nitrogen and oxygen atoms in total. The molecule has 0 aliphatic carbocycles. The molecule has 0 aliphatic heterocycles. The van der Waals surface area contributed by atoms with Crippen LogP contribution in [-0.4, -0.2) is 27.4 Å². The van der Waals surface area contributed by atoms with E-state index in [0.29, 0.717) is 32.5 Å². The van der Waals surface area contributed by atoms with Crippen molar-refractivity contribution >= 4 is 28.3 Å². The van der Waals surface area contributed by atoms with Gasteiger partial charge >= 0.3 is 0 Å². The van der Waals surface area contributed by atoms with Crippen LogP contribution < -0.4 is 15.8 Å². The molecule has 0 spiro atoms. The molecule has 0 bridgehead atoms. The summed E-state index contributed by atoms with van der Waals surface area (Å²) in [5.74, 6) is -0.0608. The molecule has 0 heterocycles. The summed E-state index contributed by atoms with van der Waals surface area (Å²) in [7, 11) is -3.45. The third kappa shape index (κ3) is 5.44. The summed E-state index contributed by atoms with van der Waals surface area (Å²) < 4.78 is 26.2. The highest BCUT2D eigenvalue weighted by Crippen LogP contribution is 2.25. The fraction of sp³-hybridized carbons (Fsp3) is 0.562. The van der Waals surface area contributed by atoms with Gasteiger partial charge in [0.05, 0.1) is 10.3 Å². The Labute approximate surface area is 151 Å². The van der Waals surface area contributed by atoms with Gasteiger partial charge in [-0.25, -0.2) is 13.1 Å². The smallest absolute Gasteiger partial charge is 0.240 e. The predicted octanol–water partition coefficient (Wildman–Crippen LogP) is 1.79. The number of sulfonamides is 1. The molecule has 0 saturated carbocycles. The lowest BCUT2D eigenvalue weighted by atomic mass is 9.81. The van der Waals surface area contributed by atoms with E-state index < -0.39 is 15.4 Å². The number of hydrogen-bond donors (Lipinski definition) is 3. The molecule has 0 radical (unpaired) electrons. The zero-order valence-corrected chi connectivity index (χ0v) is 16.1. The van der Waals surface area contributed by atoms with Gasteiger partial charge in [0.1, 0.15) is 0 Å². The van der Waals surface area contributed by atoms with Crippen molar-refractivity contribution in [2.45, 2.75) is 45.1 Å². The van der Waals surface area contributed by atoms with Gasteiger partial charge < -0.3 is 11.1 Å². The van der Waals surface area contributed by atoms with Gasteiger partial charge in [-0.15, -0.1) is 12.4 Å². The third-order valence-electron chi connectivity index (χ3n) is 4.25. The molecular weight excluding hydrogens is 350 g/mol. The minimum absolute atomic E-state index is 0. The number of rotatable bonds is 9. The molecule has 0 atom stereocenters. The van der Waals surface area contributed by atoms with Crippen molar-refractivity contribution in [3.05, 3.63) is 29.8 Å². The van der Waals surface area contributed by atoms with Gasteiger partial charge in [-0.2, -0.15) is 0 Å². The fourth-order valence-electron chi connectivity index (χ4n) is 2.38. The summed E-state index contributed by atoms with van der Waals surface area (Å²) in [5, 5.41) is 2.89. The van der Waals surface area contributed by atoms with Crippen molar-refractivity contribution in [3.63, 3.8) is 0 Å². The molecule has 1 amide bonds. The summed E-state index contributed by atoms with van der Waals surface area (Å²) >= 11 is 0. The second-order valence-electron chi connectivity index (χ2n) is 5.52. The van der Waals surface area contributed by atoms with E-state index in [4.69, 9.17) is 5.73 Å². The summed E-state index contributed by atoms with van der Waals surface area (Å²) in [6.07, 6.45) is 1.37. The number of nitrogens with two attached hydrogens (primary N) is 1. The van der Waals surface area contributed by atoms with E-state index in [2.05, 4.69) is 10.0 Å². The molecular formula is C16H28ClN3O3S. The average Bonchev–Trinajstić information content (AvgIpc) is 2.55.